The van der Waals surface area contributed by atoms with Gasteiger partial charge in [-0.25, -0.2) is 0 Å². The van der Waals surface area contributed by atoms with E-state index in [1.54, 1.807) is 25.1 Å². The monoisotopic (exact) mass is 310 g/mol. The highest BCUT2D eigenvalue weighted by molar-refractivity contribution is 7.87. The van der Waals surface area contributed by atoms with Gasteiger partial charge in [-0.15, -0.1) is 0 Å². The maximum atomic E-state index is 12.5. The Bertz CT molecular complexity index is 542. The first kappa shape index (κ1) is 16.0. The number of carbonyl (C=O) groups excluding carboxylic acids is 1. The molecule has 1 aromatic carbocycles. The Morgan fingerprint density at radius 1 is 1.43 bits per heavy atom. The van der Waals surface area contributed by atoms with Crippen LogP contribution < -0.4 is 11.1 Å². The van der Waals surface area contributed by atoms with E-state index < -0.39 is 16.0 Å². The van der Waals surface area contributed by atoms with Crippen molar-refractivity contribution in [1.82, 2.24) is 0 Å². The van der Waals surface area contributed by atoms with Gasteiger partial charge in [0, 0.05) is 40.6 Å². The number of hydrogen-bond acceptors (Lipinski definition) is 4. The topological polar surface area (TPSA) is 81.4 Å². The van der Waals surface area contributed by atoms with Crippen LogP contribution in [-0.2, 0) is 20.3 Å². The molecule has 116 valence electrons. The number of hydrogen-bond donors (Lipinski definition) is 2. The molecule has 0 bridgehead atoms. The average Bonchev–Trinajstić information content (AvgIpc) is 2.51. The number of nitrogens with two attached hydrogens (primary N) is 1. The normalized spacial score (nSPS) is 19.0. The summed E-state index contributed by atoms with van der Waals surface area (Å²) in [6, 6.07) is 5.38. The van der Waals surface area contributed by atoms with Gasteiger partial charge in [0.25, 0.3) is 0 Å². The van der Waals surface area contributed by atoms with E-state index >= 15 is 0 Å². The molecule has 1 aliphatic rings. The summed E-state index contributed by atoms with van der Waals surface area (Å²) >= 11 is 0. The molecule has 2 rings (SSSR count). The molecule has 1 saturated heterocycles. The van der Waals surface area contributed by atoms with Gasteiger partial charge >= 0.3 is 0 Å². The predicted octanol–water partition coefficient (Wildman–Crippen LogP) is 1.83. The summed E-state index contributed by atoms with van der Waals surface area (Å²) < 4.78 is 17.7. The zero-order valence-electron chi connectivity index (χ0n) is 12.4. The van der Waals surface area contributed by atoms with E-state index in [1.165, 1.54) is 0 Å². The molecule has 2 unspecified atom stereocenters. The number of carbonyl (C=O) groups is 1. The fourth-order valence-corrected chi connectivity index (χ4v) is 3.83. The fraction of sp³-hybridized carbons (Fsp3) is 0.533. The first-order valence-corrected chi connectivity index (χ1v) is 8.41. The Kier molecular flexibility index (Phi) is 5.36. The number of nitrogens with one attached hydrogen (secondary N) is 1. The van der Waals surface area contributed by atoms with Crippen molar-refractivity contribution in [3.05, 3.63) is 23.8 Å². The molecule has 0 spiro atoms. The van der Waals surface area contributed by atoms with Gasteiger partial charge in [-0.1, -0.05) is 6.07 Å². The highest BCUT2D eigenvalue weighted by Crippen LogP contribution is 2.22. The minimum absolute atomic E-state index is 0.0430. The molecule has 1 aromatic rings. The van der Waals surface area contributed by atoms with Crippen LogP contribution in [0.4, 0.5) is 11.4 Å². The van der Waals surface area contributed by atoms with Gasteiger partial charge in [0.2, 0.25) is 5.91 Å². The molecule has 21 heavy (non-hydrogen) atoms. The molecule has 5 nitrogen and oxygen atoms in total. The Hall–Kier alpha value is -1.40. The molecule has 1 fully saturated rings. The van der Waals surface area contributed by atoms with Crippen molar-refractivity contribution < 1.29 is 13.7 Å². The van der Waals surface area contributed by atoms with Crippen LogP contribution in [0, 0.1) is 6.92 Å². The van der Waals surface area contributed by atoms with Gasteiger partial charge in [0.1, 0.15) is 5.25 Å². The zero-order chi connectivity index (χ0) is 15.4. The van der Waals surface area contributed by atoms with E-state index in [9.17, 15) is 9.00 Å². The smallest absolute Gasteiger partial charge is 0.239 e. The van der Waals surface area contributed by atoms with Crippen molar-refractivity contribution in [2.45, 2.75) is 37.2 Å². The van der Waals surface area contributed by atoms with E-state index in [0.717, 1.165) is 18.4 Å². The second kappa shape index (κ2) is 7.04. The van der Waals surface area contributed by atoms with Gasteiger partial charge in [0.05, 0.1) is 0 Å². The summed E-state index contributed by atoms with van der Waals surface area (Å²) in [4.78, 5) is 12.3. The minimum Gasteiger partial charge on any atom is -0.398 e. The molecular formula is C15H22N2O3S. The molecule has 1 heterocycles. The van der Waals surface area contributed by atoms with Crippen molar-refractivity contribution in [3.8, 4) is 0 Å². The van der Waals surface area contributed by atoms with Crippen LogP contribution in [0.3, 0.4) is 0 Å². The quantitative estimate of drug-likeness (QED) is 0.831. The Balaban J connectivity index is 2.02. The molecule has 0 aromatic heterocycles. The van der Waals surface area contributed by atoms with E-state index in [2.05, 4.69) is 5.32 Å². The fourth-order valence-electron chi connectivity index (χ4n) is 2.33. The Labute approximate surface area is 127 Å². The standard InChI is InChI=1S/C15H22N2O3S/c1-10-13(16)4-3-5-14(10)17-15(18)11(2)21(19)12-6-8-20-9-7-12/h3-5,11-12H,6-9,16H2,1-2H3,(H,17,18). The van der Waals surface area contributed by atoms with Crippen molar-refractivity contribution in [2.24, 2.45) is 0 Å². The van der Waals surface area contributed by atoms with Crippen molar-refractivity contribution >= 4 is 28.1 Å². The molecular weight excluding hydrogens is 288 g/mol. The highest BCUT2D eigenvalue weighted by atomic mass is 32.2. The average molecular weight is 310 g/mol. The molecule has 6 heteroatoms. The molecule has 0 radical (unpaired) electrons. The van der Waals surface area contributed by atoms with Gasteiger partial charge in [0.15, 0.2) is 0 Å². The minimum atomic E-state index is -1.19. The first-order chi connectivity index (χ1) is 10.0. The molecule has 3 N–H and O–H groups in total. The number of anilines is 2. The third-order valence-electron chi connectivity index (χ3n) is 3.85. The maximum absolute atomic E-state index is 12.5. The van der Waals surface area contributed by atoms with Crippen LogP contribution in [0.15, 0.2) is 18.2 Å². The molecule has 0 aliphatic carbocycles. The second-order valence-electron chi connectivity index (χ2n) is 5.29. The van der Waals surface area contributed by atoms with Crippen LogP contribution >= 0.6 is 0 Å². The number of nitrogen functional groups attached to an aromatic ring is 1. The SMILES string of the molecule is Cc1c(N)cccc1NC(=O)C(C)S(=O)C1CCOCC1. The lowest BCUT2D eigenvalue weighted by atomic mass is 10.1. The number of rotatable bonds is 4. The summed E-state index contributed by atoms with van der Waals surface area (Å²) in [6.45, 7) is 4.81. The highest BCUT2D eigenvalue weighted by Gasteiger charge is 2.28. The lowest BCUT2D eigenvalue weighted by Crippen LogP contribution is -2.37. The van der Waals surface area contributed by atoms with Gasteiger partial charge in [-0.3, -0.25) is 9.00 Å². The van der Waals surface area contributed by atoms with Crippen LogP contribution in [0.5, 0.6) is 0 Å². The third kappa shape index (κ3) is 3.83. The number of ether oxygens (including phenoxy) is 1. The summed E-state index contributed by atoms with van der Waals surface area (Å²) in [5.74, 6) is -0.228. The molecule has 1 aliphatic heterocycles. The molecule has 2 atom stereocenters. The van der Waals surface area contributed by atoms with Crippen LogP contribution in [0.1, 0.15) is 25.3 Å². The number of amides is 1. The Morgan fingerprint density at radius 2 is 2.10 bits per heavy atom. The summed E-state index contributed by atoms with van der Waals surface area (Å²) in [7, 11) is -1.19. The van der Waals surface area contributed by atoms with E-state index in [-0.39, 0.29) is 11.2 Å². The lowest BCUT2D eigenvalue weighted by molar-refractivity contribution is -0.115. The predicted molar refractivity (Wildman–Crippen MR) is 85.7 cm³/mol. The van der Waals surface area contributed by atoms with E-state index in [4.69, 9.17) is 10.5 Å². The zero-order valence-corrected chi connectivity index (χ0v) is 13.2. The summed E-state index contributed by atoms with van der Waals surface area (Å²) in [6.07, 6.45) is 1.50. The van der Waals surface area contributed by atoms with Gasteiger partial charge in [-0.05, 0) is 44.4 Å². The second-order valence-corrected chi connectivity index (χ2v) is 7.32. The van der Waals surface area contributed by atoms with Crippen molar-refractivity contribution in [3.63, 3.8) is 0 Å². The van der Waals surface area contributed by atoms with Gasteiger partial charge < -0.3 is 15.8 Å². The van der Waals surface area contributed by atoms with E-state index in [0.29, 0.717) is 24.6 Å². The van der Waals surface area contributed by atoms with E-state index in [1.807, 2.05) is 6.92 Å². The molecule has 1 amide bonds. The summed E-state index contributed by atoms with van der Waals surface area (Å²) in [5, 5.41) is 2.32. The first-order valence-electron chi connectivity index (χ1n) is 7.13. The number of benzene rings is 1. The van der Waals surface area contributed by atoms with Crippen LogP contribution in [-0.4, -0.2) is 33.8 Å². The van der Waals surface area contributed by atoms with Crippen LogP contribution in [0.25, 0.3) is 0 Å². The lowest BCUT2D eigenvalue weighted by Gasteiger charge is -2.24. The van der Waals surface area contributed by atoms with Gasteiger partial charge in [-0.2, -0.15) is 0 Å². The van der Waals surface area contributed by atoms with Crippen LogP contribution in [0.2, 0.25) is 0 Å². The van der Waals surface area contributed by atoms with Crippen molar-refractivity contribution in [2.75, 3.05) is 24.3 Å². The van der Waals surface area contributed by atoms with Crippen molar-refractivity contribution in [1.29, 1.82) is 0 Å². The largest absolute Gasteiger partial charge is 0.398 e. The third-order valence-corrected chi connectivity index (χ3v) is 5.89. The summed E-state index contributed by atoms with van der Waals surface area (Å²) in [5.41, 5.74) is 7.96. The Morgan fingerprint density at radius 3 is 2.76 bits per heavy atom. The molecule has 0 saturated carbocycles. The maximum Gasteiger partial charge on any atom is 0.239 e.